The maximum Gasteiger partial charge on any atom is 0.472 e. The summed E-state index contributed by atoms with van der Waals surface area (Å²) in [6.07, 6.45) is 92.0. The van der Waals surface area contributed by atoms with Crippen LogP contribution in [0.2, 0.25) is 0 Å². The van der Waals surface area contributed by atoms with Gasteiger partial charge in [0.1, 0.15) is 25.4 Å². The highest BCUT2D eigenvalue weighted by atomic mass is 31.2. The zero-order chi connectivity index (χ0) is 73.7. The lowest BCUT2D eigenvalue weighted by Gasteiger charge is -2.21. The van der Waals surface area contributed by atoms with E-state index >= 15 is 0 Å². The molecule has 5 unspecified atom stereocenters. The van der Waals surface area contributed by atoms with Crippen molar-refractivity contribution in [1.82, 2.24) is 0 Å². The second-order valence-corrected chi connectivity index (χ2v) is 28.7. The number of phosphoric ester groups is 2. The van der Waals surface area contributed by atoms with E-state index in [-0.39, 0.29) is 19.3 Å². The van der Waals surface area contributed by atoms with Gasteiger partial charge in [-0.3, -0.25) is 32.5 Å². The standard InChI is InChI=1S/C83H140O16P2/c1-4-7-10-13-16-19-22-24-26-28-30-32-34-36-37-38-39-41-43-44-46-48-50-52-55-57-60-63-66-69-81(86)93-72-78(84)73-95-100(89,90)96-74-79(85)75-97-101(91,92)98-77-80(99-83(88)71-68-65-62-59-54-21-18-15-12-9-6-3)76-94-82(87)70-67-64-61-58-56-53-51-49-47-45-42-40-35-33-31-29-27-25-23-20-17-14-11-8-5-2/h7-8,10-11,15-20,24-27,30-33,36-37,40,42,47,49,78-80,84-85H,4-6,9,12-14,21-23,28-29,34-35,38-39,41,43-46,48,50-77H2,1-3H3,(H,89,90)(H,91,92)/b10-7-,11-8-,18-15-,19-16-,20-17-,26-24-,27-25-,32-30-,33-31-,37-36-,42-40-,49-47-. The lowest BCUT2D eigenvalue weighted by molar-refractivity contribution is -0.161. The first-order valence-electron chi connectivity index (χ1n) is 39.1. The molecule has 101 heavy (non-hydrogen) atoms. The molecule has 0 rings (SSSR count). The number of carbonyl (C=O) groups is 3. The number of rotatable bonds is 73. The highest BCUT2D eigenvalue weighted by Crippen LogP contribution is 2.45. The largest absolute Gasteiger partial charge is 0.472 e. The second-order valence-electron chi connectivity index (χ2n) is 25.7. The number of esters is 3. The molecule has 4 N–H and O–H groups in total. The normalized spacial score (nSPS) is 14.8. The molecule has 0 spiro atoms. The molecule has 18 heteroatoms. The molecular weight excluding hydrogens is 1310 g/mol. The number of unbranched alkanes of at least 4 members (excludes halogenated alkanes) is 26. The molecular formula is C83H140O16P2. The number of aliphatic hydroxyl groups excluding tert-OH is 2. The van der Waals surface area contributed by atoms with Crippen LogP contribution in [-0.4, -0.2) is 95.9 Å². The average molecular weight is 1460 g/mol. The third-order valence-electron chi connectivity index (χ3n) is 16.0. The van der Waals surface area contributed by atoms with Crippen LogP contribution < -0.4 is 0 Å². The van der Waals surface area contributed by atoms with Crippen LogP contribution in [0.3, 0.4) is 0 Å². The summed E-state index contributed by atoms with van der Waals surface area (Å²) in [7, 11) is -9.79. The SMILES string of the molecule is CC/C=C\C/C=C\C/C=C\C/C=C\C/C=C\C/C=C\CCCCCCCCC(=O)OCC(COP(=O)(O)OCC(O)COP(=O)(O)OCC(O)COC(=O)CCCCCCCCCCCCCCC/C=C\C/C=C\C/C=C\C/C=C\C/C=C\CC)OC(=O)CCCCCCC/C=C\CCCC. The van der Waals surface area contributed by atoms with Crippen molar-refractivity contribution in [3.8, 4) is 0 Å². The lowest BCUT2D eigenvalue weighted by Crippen LogP contribution is -2.30. The number of phosphoric acid groups is 2. The van der Waals surface area contributed by atoms with Gasteiger partial charge in [-0.05, 0) is 135 Å². The topological polar surface area (TPSA) is 231 Å². The molecule has 0 aliphatic carbocycles. The highest BCUT2D eigenvalue weighted by Gasteiger charge is 2.29. The zero-order valence-electron chi connectivity index (χ0n) is 63.0. The van der Waals surface area contributed by atoms with Gasteiger partial charge in [-0.15, -0.1) is 0 Å². The Balaban J connectivity index is 4.47. The van der Waals surface area contributed by atoms with Crippen molar-refractivity contribution < 1.29 is 75.8 Å². The summed E-state index contributed by atoms with van der Waals surface area (Å²) in [6, 6.07) is 0. The molecule has 16 nitrogen and oxygen atoms in total. The molecule has 0 saturated carbocycles. The van der Waals surface area contributed by atoms with E-state index < -0.39 is 91.5 Å². The van der Waals surface area contributed by atoms with Crippen molar-refractivity contribution in [2.75, 3.05) is 39.6 Å². The molecule has 0 fully saturated rings. The predicted octanol–water partition coefficient (Wildman–Crippen LogP) is 22.9. The second kappa shape index (κ2) is 75.1. The van der Waals surface area contributed by atoms with Crippen molar-refractivity contribution in [3.63, 3.8) is 0 Å². The number of aliphatic hydroxyl groups is 2. The summed E-state index contributed by atoms with van der Waals surface area (Å²) in [5.41, 5.74) is 0. The van der Waals surface area contributed by atoms with E-state index in [0.717, 1.165) is 173 Å². The van der Waals surface area contributed by atoms with Crippen molar-refractivity contribution >= 4 is 33.6 Å². The fourth-order valence-electron chi connectivity index (χ4n) is 10.1. The van der Waals surface area contributed by atoms with Gasteiger partial charge in [0.2, 0.25) is 0 Å². The molecule has 0 radical (unpaired) electrons. The van der Waals surface area contributed by atoms with Gasteiger partial charge >= 0.3 is 33.6 Å². The molecule has 0 heterocycles. The molecule has 578 valence electrons. The highest BCUT2D eigenvalue weighted by molar-refractivity contribution is 7.47. The predicted molar refractivity (Wildman–Crippen MR) is 417 cm³/mol. The minimum atomic E-state index is -4.93. The number of hydrogen-bond donors (Lipinski definition) is 4. The summed E-state index contributed by atoms with van der Waals surface area (Å²) in [5, 5.41) is 20.6. The first kappa shape index (κ1) is 96.4. The van der Waals surface area contributed by atoms with Gasteiger partial charge in [-0.25, -0.2) is 9.13 Å². The van der Waals surface area contributed by atoms with Crippen LogP contribution in [0.4, 0.5) is 0 Å². The molecule has 0 aromatic heterocycles. The van der Waals surface area contributed by atoms with Crippen molar-refractivity contribution in [1.29, 1.82) is 0 Å². The van der Waals surface area contributed by atoms with E-state index in [1.807, 2.05) is 0 Å². The third-order valence-corrected chi connectivity index (χ3v) is 17.9. The molecule has 0 bridgehead atoms. The van der Waals surface area contributed by atoms with Gasteiger partial charge < -0.3 is 34.2 Å². The number of hydrogen-bond acceptors (Lipinski definition) is 14. The monoisotopic (exact) mass is 1450 g/mol. The Morgan fingerprint density at radius 3 is 0.842 bits per heavy atom. The van der Waals surface area contributed by atoms with Crippen LogP contribution >= 0.6 is 15.6 Å². The Kier molecular flexibility index (Phi) is 71.7. The van der Waals surface area contributed by atoms with Crippen LogP contribution in [0.1, 0.15) is 303 Å². The first-order chi connectivity index (χ1) is 49.2. The minimum absolute atomic E-state index is 0.0872. The number of allylic oxidation sites excluding steroid dienone is 24. The number of carbonyl (C=O) groups excluding carboxylic acids is 3. The summed E-state index contributed by atoms with van der Waals surface area (Å²) < 4.78 is 61.0. The summed E-state index contributed by atoms with van der Waals surface area (Å²) in [5.74, 6) is -1.61. The quantitative estimate of drug-likeness (QED) is 0.0146. The first-order valence-corrected chi connectivity index (χ1v) is 42.1. The molecule has 5 atom stereocenters. The van der Waals surface area contributed by atoms with Crippen LogP contribution in [-0.2, 0) is 55.8 Å². The van der Waals surface area contributed by atoms with Crippen LogP contribution in [0.15, 0.2) is 146 Å². The fourth-order valence-corrected chi connectivity index (χ4v) is 11.7. The molecule has 0 aliphatic heterocycles. The van der Waals surface area contributed by atoms with Gasteiger partial charge in [0.15, 0.2) is 6.10 Å². The lowest BCUT2D eigenvalue weighted by atomic mass is 10.0. The van der Waals surface area contributed by atoms with Gasteiger partial charge in [0.05, 0.1) is 26.4 Å². The minimum Gasteiger partial charge on any atom is -0.463 e. The van der Waals surface area contributed by atoms with Gasteiger partial charge in [-0.2, -0.15) is 0 Å². The van der Waals surface area contributed by atoms with Gasteiger partial charge in [-0.1, -0.05) is 295 Å². The summed E-state index contributed by atoms with van der Waals surface area (Å²) >= 11 is 0. The Morgan fingerprint density at radius 1 is 0.287 bits per heavy atom. The molecule has 0 amide bonds. The zero-order valence-corrected chi connectivity index (χ0v) is 64.8. The van der Waals surface area contributed by atoms with E-state index in [1.165, 1.54) is 70.6 Å². The third kappa shape index (κ3) is 76.4. The van der Waals surface area contributed by atoms with Gasteiger partial charge in [0, 0.05) is 19.3 Å². The maximum atomic E-state index is 12.9. The van der Waals surface area contributed by atoms with Crippen LogP contribution in [0, 0.1) is 0 Å². The fraction of sp³-hybridized carbons (Fsp3) is 0.675. The Hall–Kier alpha value is -4.57. The van der Waals surface area contributed by atoms with Crippen molar-refractivity contribution in [2.45, 2.75) is 322 Å². The maximum absolute atomic E-state index is 12.9. The average Bonchev–Trinajstić information content (AvgIpc) is 0.950. The Labute approximate surface area is 613 Å². The van der Waals surface area contributed by atoms with E-state index in [0.29, 0.717) is 19.3 Å². The van der Waals surface area contributed by atoms with E-state index in [1.54, 1.807) is 0 Å². The molecule has 0 saturated heterocycles. The summed E-state index contributed by atoms with van der Waals surface area (Å²) in [6.45, 7) is 2.38. The molecule has 0 aliphatic rings. The van der Waals surface area contributed by atoms with E-state index in [9.17, 15) is 43.5 Å². The smallest absolute Gasteiger partial charge is 0.463 e. The van der Waals surface area contributed by atoms with Crippen molar-refractivity contribution in [2.24, 2.45) is 0 Å². The van der Waals surface area contributed by atoms with Crippen LogP contribution in [0.5, 0.6) is 0 Å². The molecule has 0 aromatic rings. The van der Waals surface area contributed by atoms with E-state index in [2.05, 4.69) is 167 Å². The molecule has 0 aromatic carbocycles. The van der Waals surface area contributed by atoms with E-state index in [4.69, 9.17) is 32.3 Å². The van der Waals surface area contributed by atoms with Crippen LogP contribution in [0.25, 0.3) is 0 Å². The van der Waals surface area contributed by atoms with Crippen molar-refractivity contribution in [3.05, 3.63) is 146 Å². The summed E-state index contributed by atoms with van der Waals surface area (Å²) in [4.78, 5) is 58.5. The Bertz CT molecular complexity index is 2420. The number of ether oxygens (including phenoxy) is 3. The Morgan fingerprint density at radius 2 is 0.525 bits per heavy atom. The van der Waals surface area contributed by atoms with Gasteiger partial charge in [0.25, 0.3) is 0 Å².